The summed E-state index contributed by atoms with van der Waals surface area (Å²) in [6.45, 7) is 5.57. The summed E-state index contributed by atoms with van der Waals surface area (Å²) in [5.74, 6) is 1.04. The molecule has 3 N–H and O–H groups in total. The number of nitrogens with one attached hydrogen (secondary N) is 1. The number of nitrogens with zero attached hydrogens (tertiary/aromatic N) is 2. The Labute approximate surface area is 165 Å². The molecule has 6 nitrogen and oxygen atoms in total. The van der Waals surface area contributed by atoms with Crippen molar-refractivity contribution in [3.05, 3.63) is 23.2 Å². The number of halogens is 2. The van der Waals surface area contributed by atoms with Crippen LogP contribution in [0.4, 0.5) is 5.69 Å². The molecule has 1 fully saturated rings. The molecule has 0 unspecified atom stereocenters. The minimum Gasteiger partial charge on any atom is -0.495 e. The van der Waals surface area contributed by atoms with Crippen molar-refractivity contribution in [2.75, 3.05) is 51.8 Å². The van der Waals surface area contributed by atoms with Gasteiger partial charge in [-0.2, -0.15) is 0 Å². The largest absolute Gasteiger partial charge is 0.495 e. The zero-order chi connectivity index (χ0) is 16.5. The van der Waals surface area contributed by atoms with Gasteiger partial charge in [0.15, 0.2) is 5.96 Å². The second kappa shape index (κ2) is 11.7. The molecule has 1 saturated heterocycles. The summed E-state index contributed by atoms with van der Waals surface area (Å²) < 4.78 is 10.4. The van der Waals surface area contributed by atoms with Crippen molar-refractivity contribution in [3.63, 3.8) is 0 Å². The SMILES string of the molecule is COc1ccc(NC(N)=NCCCCN2CCOCC2)cc1Cl.I. The van der Waals surface area contributed by atoms with E-state index in [0.29, 0.717) is 23.3 Å². The molecule has 8 heteroatoms. The number of hydrogen-bond acceptors (Lipinski definition) is 4. The summed E-state index contributed by atoms with van der Waals surface area (Å²) in [7, 11) is 1.58. The molecular formula is C16H26ClIN4O2. The molecular weight excluding hydrogens is 443 g/mol. The van der Waals surface area contributed by atoms with Gasteiger partial charge in [0.1, 0.15) is 5.75 Å². The maximum absolute atomic E-state index is 6.07. The molecule has 0 aromatic heterocycles. The molecule has 2 rings (SSSR count). The van der Waals surface area contributed by atoms with E-state index in [1.165, 1.54) is 0 Å². The minimum atomic E-state index is 0. The van der Waals surface area contributed by atoms with Crippen LogP contribution in [0.25, 0.3) is 0 Å². The normalized spacial score (nSPS) is 15.7. The Hall–Kier alpha value is -0.770. The fourth-order valence-electron chi connectivity index (χ4n) is 2.40. The number of aliphatic imine (C=N–C) groups is 1. The van der Waals surface area contributed by atoms with E-state index in [0.717, 1.165) is 51.4 Å². The lowest BCUT2D eigenvalue weighted by Gasteiger charge is -2.26. The predicted molar refractivity (Wildman–Crippen MR) is 110 cm³/mol. The Kier molecular flexibility index (Phi) is 10.4. The van der Waals surface area contributed by atoms with Crippen molar-refractivity contribution < 1.29 is 9.47 Å². The molecule has 0 bridgehead atoms. The van der Waals surface area contributed by atoms with Gasteiger partial charge in [-0.1, -0.05) is 11.6 Å². The Morgan fingerprint density at radius 2 is 2.12 bits per heavy atom. The highest BCUT2D eigenvalue weighted by Gasteiger charge is 2.08. The van der Waals surface area contributed by atoms with Crippen LogP contribution in [-0.4, -0.2) is 57.4 Å². The van der Waals surface area contributed by atoms with Crippen molar-refractivity contribution in [2.45, 2.75) is 12.8 Å². The molecule has 1 aromatic carbocycles. The topological polar surface area (TPSA) is 72.1 Å². The van der Waals surface area contributed by atoms with Gasteiger partial charge in [-0.3, -0.25) is 9.89 Å². The van der Waals surface area contributed by atoms with Gasteiger partial charge in [0, 0.05) is 25.3 Å². The van der Waals surface area contributed by atoms with Crippen LogP contribution in [-0.2, 0) is 4.74 Å². The van der Waals surface area contributed by atoms with Crippen LogP contribution < -0.4 is 15.8 Å². The fraction of sp³-hybridized carbons (Fsp3) is 0.562. The van der Waals surface area contributed by atoms with Gasteiger partial charge in [0.2, 0.25) is 0 Å². The number of morpholine rings is 1. The number of unbranched alkanes of at least 4 members (excludes halogenated alkanes) is 1. The van der Waals surface area contributed by atoms with Crippen LogP contribution in [0.5, 0.6) is 5.75 Å². The van der Waals surface area contributed by atoms with Crippen molar-refractivity contribution >= 4 is 47.2 Å². The predicted octanol–water partition coefficient (Wildman–Crippen LogP) is 2.81. The second-order valence-corrected chi connectivity index (χ2v) is 5.81. The number of nitrogens with two attached hydrogens (primary N) is 1. The first-order chi connectivity index (χ1) is 11.2. The van der Waals surface area contributed by atoms with Crippen LogP contribution in [0.1, 0.15) is 12.8 Å². The first kappa shape index (κ1) is 21.3. The number of guanidine groups is 1. The molecule has 0 aliphatic carbocycles. The highest BCUT2D eigenvalue weighted by molar-refractivity contribution is 14.0. The quantitative estimate of drug-likeness (QED) is 0.279. The average molecular weight is 469 g/mol. The molecule has 1 heterocycles. The summed E-state index contributed by atoms with van der Waals surface area (Å²) in [4.78, 5) is 6.76. The number of anilines is 1. The maximum atomic E-state index is 6.07. The molecule has 24 heavy (non-hydrogen) atoms. The van der Waals surface area contributed by atoms with E-state index in [-0.39, 0.29) is 24.0 Å². The maximum Gasteiger partial charge on any atom is 0.193 e. The van der Waals surface area contributed by atoms with Gasteiger partial charge in [0.25, 0.3) is 0 Å². The first-order valence-corrected chi connectivity index (χ1v) is 8.27. The summed E-state index contributed by atoms with van der Waals surface area (Å²) in [6, 6.07) is 5.41. The molecule has 0 saturated carbocycles. The van der Waals surface area contributed by atoms with E-state index < -0.39 is 0 Å². The van der Waals surface area contributed by atoms with Gasteiger partial charge >= 0.3 is 0 Å². The highest BCUT2D eigenvalue weighted by atomic mass is 127. The van der Waals surface area contributed by atoms with Crippen LogP contribution >= 0.6 is 35.6 Å². The molecule has 1 aliphatic heterocycles. The molecule has 136 valence electrons. The third-order valence-electron chi connectivity index (χ3n) is 3.69. The Bertz CT molecular complexity index is 525. The lowest BCUT2D eigenvalue weighted by Crippen LogP contribution is -2.36. The Morgan fingerprint density at radius 1 is 1.38 bits per heavy atom. The van der Waals surface area contributed by atoms with E-state index in [1.54, 1.807) is 19.2 Å². The van der Waals surface area contributed by atoms with Crippen LogP contribution in [0.3, 0.4) is 0 Å². The van der Waals surface area contributed by atoms with Crippen molar-refractivity contribution in [3.8, 4) is 5.75 Å². The third kappa shape index (κ3) is 7.42. The second-order valence-electron chi connectivity index (χ2n) is 5.40. The van der Waals surface area contributed by atoms with Crippen LogP contribution in [0.15, 0.2) is 23.2 Å². The van der Waals surface area contributed by atoms with E-state index >= 15 is 0 Å². The van der Waals surface area contributed by atoms with E-state index in [2.05, 4.69) is 15.2 Å². The number of ether oxygens (including phenoxy) is 2. The molecule has 0 amide bonds. The van der Waals surface area contributed by atoms with Gasteiger partial charge < -0.3 is 20.5 Å². The highest BCUT2D eigenvalue weighted by Crippen LogP contribution is 2.26. The summed E-state index contributed by atoms with van der Waals surface area (Å²) in [5.41, 5.74) is 6.69. The summed E-state index contributed by atoms with van der Waals surface area (Å²) in [6.07, 6.45) is 2.13. The first-order valence-electron chi connectivity index (χ1n) is 7.89. The van der Waals surface area contributed by atoms with E-state index in [4.69, 9.17) is 26.8 Å². The standard InChI is InChI=1S/C16H25ClN4O2.HI/c1-22-15-5-4-13(12-14(15)17)20-16(18)19-6-2-3-7-21-8-10-23-11-9-21;/h4-5,12H,2-3,6-11H2,1H3,(H3,18,19,20);1H. The molecule has 0 atom stereocenters. The van der Waals surface area contributed by atoms with Crippen molar-refractivity contribution in [1.82, 2.24) is 4.90 Å². The van der Waals surface area contributed by atoms with E-state index in [1.807, 2.05) is 6.07 Å². The van der Waals surface area contributed by atoms with E-state index in [9.17, 15) is 0 Å². The van der Waals surface area contributed by atoms with Crippen LogP contribution in [0.2, 0.25) is 5.02 Å². The number of methoxy groups -OCH3 is 1. The smallest absolute Gasteiger partial charge is 0.193 e. The molecule has 1 aromatic rings. The average Bonchev–Trinajstić information content (AvgIpc) is 2.56. The summed E-state index contributed by atoms with van der Waals surface area (Å²) in [5, 5.41) is 3.57. The monoisotopic (exact) mass is 468 g/mol. The van der Waals surface area contributed by atoms with Crippen LogP contribution in [0, 0.1) is 0 Å². The number of rotatable bonds is 7. The summed E-state index contributed by atoms with van der Waals surface area (Å²) >= 11 is 6.07. The van der Waals surface area contributed by atoms with Gasteiger partial charge in [-0.25, -0.2) is 0 Å². The molecule has 0 spiro atoms. The lowest BCUT2D eigenvalue weighted by atomic mass is 10.3. The Balaban J connectivity index is 0.00000288. The van der Waals surface area contributed by atoms with Crippen molar-refractivity contribution in [1.29, 1.82) is 0 Å². The Morgan fingerprint density at radius 3 is 2.79 bits per heavy atom. The third-order valence-corrected chi connectivity index (χ3v) is 3.99. The lowest BCUT2D eigenvalue weighted by molar-refractivity contribution is 0.0373. The number of hydrogen-bond donors (Lipinski definition) is 2. The van der Waals surface area contributed by atoms with Gasteiger partial charge in [-0.15, -0.1) is 24.0 Å². The minimum absolute atomic E-state index is 0. The molecule has 0 radical (unpaired) electrons. The fourth-order valence-corrected chi connectivity index (χ4v) is 2.66. The number of benzene rings is 1. The molecule has 1 aliphatic rings. The van der Waals surface area contributed by atoms with Crippen molar-refractivity contribution in [2.24, 2.45) is 10.7 Å². The van der Waals surface area contributed by atoms with Gasteiger partial charge in [0.05, 0.1) is 25.3 Å². The zero-order valence-corrected chi connectivity index (χ0v) is 17.0. The zero-order valence-electron chi connectivity index (χ0n) is 14.0. The van der Waals surface area contributed by atoms with Gasteiger partial charge in [-0.05, 0) is 37.6 Å².